The van der Waals surface area contributed by atoms with Gasteiger partial charge in [-0.3, -0.25) is 13.9 Å². The molecule has 108 valence electrons. The zero-order valence-electron chi connectivity index (χ0n) is 11.8. The molecular formula is C15H16N4O2. The van der Waals surface area contributed by atoms with Crippen LogP contribution >= 0.6 is 0 Å². The SMILES string of the molecule is CCn1c(=O)n(CC(=O)NC2(C#N)CC2)c2ccccc21. The van der Waals surface area contributed by atoms with Crippen molar-refractivity contribution in [3.63, 3.8) is 0 Å². The van der Waals surface area contributed by atoms with Crippen LogP contribution in [-0.4, -0.2) is 20.6 Å². The number of imidazole rings is 1. The van der Waals surface area contributed by atoms with Crippen molar-refractivity contribution in [1.29, 1.82) is 5.26 Å². The van der Waals surface area contributed by atoms with Crippen LogP contribution in [0.5, 0.6) is 0 Å². The van der Waals surface area contributed by atoms with Crippen molar-refractivity contribution in [1.82, 2.24) is 14.5 Å². The number of aromatic nitrogens is 2. The highest BCUT2D eigenvalue weighted by atomic mass is 16.2. The van der Waals surface area contributed by atoms with Crippen LogP contribution in [0.25, 0.3) is 11.0 Å². The molecule has 0 radical (unpaired) electrons. The van der Waals surface area contributed by atoms with Crippen LogP contribution in [0, 0.1) is 11.3 Å². The average Bonchev–Trinajstić information content (AvgIpc) is 3.20. The van der Waals surface area contributed by atoms with E-state index in [-0.39, 0.29) is 18.1 Å². The Kier molecular flexibility index (Phi) is 3.05. The molecule has 1 fully saturated rings. The van der Waals surface area contributed by atoms with E-state index in [4.69, 9.17) is 5.26 Å². The second-order valence-corrected chi connectivity index (χ2v) is 5.34. The van der Waals surface area contributed by atoms with Gasteiger partial charge in [-0.2, -0.15) is 5.26 Å². The fourth-order valence-corrected chi connectivity index (χ4v) is 2.57. The van der Waals surface area contributed by atoms with E-state index in [1.165, 1.54) is 4.57 Å². The van der Waals surface area contributed by atoms with E-state index in [0.717, 1.165) is 11.0 Å². The molecule has 6 heteroatoms. The largest absolute Gasteiger partial charge is 0.336 e. The van der Waals surface area contributed by atoms with Crippen LogP contribution < -0.4 is 11.0 Å². The second-order valence-electron chi connectivity index (χ2n) is 5.34. The van der Waals surface area contributed by atoms with Crippen molar-refractivity contribution in [3.05, 3.63) is 34.7 Å². The minimum Gasteiger partial charge on any atom is -0.336 e. The second kappa shape index (κ2) is 4.77. The quantitative estimate of drug-likeness (QED) is 0.909. The molecule has 3 rings (SSSR count). The van der Waals surface area contributed by atoms with Crippen molar-refractivity contribution in [2.75, 3.05) is 0 Å². The van der Waals surface area contributed by atoms with E-state index in [1.807, 2.05) is 31.2 Å². The third-order valence-electron chi connectivity index (χ3n) is 3.89. The molecule has 1 aliphatic carbocycles. The van der Waals surface area contributed by atoms with Crippen LogP contribution in [0.3, 0.4) is 0 Å². The molecule has 2 aromatic rings. The number of rotatable bonds is 4. The molecule has 0 unspecified atom stereocenters. The number of hydrogen-bond acceptors (Lipinski definition) is 3. The van der Waals surface area contributed by atoms with E-state index >= 15 is 0 Å². The summed E-state index contributed by atoms with van der Waals surface area (Å²) in [7, 11) is 0. The van der Waals surface area contributed by atoms with Gasteiger partial charge in [-0.15, -0.1) is 0 Å². The molecule has 21 heavy (non-hydrogen) atoms. The zero-order chi connectivity index (χ0) is 15.0. The first-order valence-electron chi connectivity index (χ1n) is 7.00. The number of aryl methyl sites for hydroxylation is 1. The standard InChI is InChI=1S/C15H16N4O2/c1-2-18-11-5-3-4-6-12(11)19(14(18)21)9-13(20)17-15(10-16)7-8-15/h3-6H,2,7-9H2,1H3,(H,17,20). The van der Waals surface area contributed by atoms with Gasteiger partial charge in [0.15, 0.2) is 0 Å². The number of nitriles is 1. The summed E-state index contributed by atoms with van der Waals surface area (Å²) in [6.45, 7) is 2.39. The summed E-state index contributed by atoms with van der Waals surface area (Å²) in [5.74, 6) is -0.296. The monoisotopic (exact) mass is 284 g/mol. The number of nitrogens with zero attached hydrogens (tertiary/aromatic N) is 3. The van der Waals surface area contributed by atoms with E-state index in [1.54, 1.807) is 4.57 Å². The molecule has 0 spiro atoms. The lowest BCUT2D eigenvalue weighted by molar-refractivity contribution is -0.122. The van der Waals surface area contributed by atoms with E-state index < -0.39 is 5.54 Å². The Labute approximate surface area is 121 Å². The number of hydrogen-bond donors (Lipinski definition) is 1. The van der Waals surface area contributed by atoms with Crippen LogP contribution in [-0.2, 0) is 17.9 Å². The smallest absolute Gasteiger partial charge is 0.329 e. The molecule has 1 heterocycles. The van der Waals surface area contributed by atoms with Gasteiger partial charge in [0.1, 0.15) is 12.1 Å². The zero-order valence-corrected chi connectivity index (χ0v) is 11.8. The number of nitrogens with one attached hydrogen (secondary N) is 1. The Morgan fingerprint density at radius 2 is 1.95 bits per heavy atom. The minimum atomic E-state index is -0.705. The maximum atomic E-state index is 12.4. The summed E-state index contributed by atoms with van der Waals surface area (Å²) < 4.78 is 3.10. The Morgan fingerprint density at radius 3 is 2.48 bits per heavy atom. The predicted octanol–water partition coefficient (Wildman–Crippen LogP) is 0.995. The Bertz CT molecular complexity index is 805. The van der Waals surface area contributed by atoms with Crippen LogP contribution in [0.1, 0.15) is 19.8 Å². The lowest BCUT2D eigenvalue weighted by Gasteiger charge is -2.09. The molecule has 1 N–H and O–H groups in total. The van der Waals surface area contributed by atoms with Gasteiger partial charge in [0.2, 0.25) is 5.91 Å². The van der Waals surface area contributed by atoms with E-state index in [0.29, 0.717) is 19.4 Å². The summed E-state index contributed by atoms with van der Waals surface area (Å²) in [5, 5.41) is 11.7. The van der Waals surface area contributed by atoms with Gasteiger partial charge in [0, 0.05) is 6.54 Å². The molecule has 1 aliphatic rings. The molecule has 1 aromatic carbocycles. The molecule has 1 aromatic heterocycles. The summed E-state index contributed by atoms with van der Waals surface area (Å²) >= 11 is 0. The van der Waals surface area contributed by atoms with Crippen molar-refractivity contribution < 1.29 is 4.79 Å². The number of benzene rings is 1. The molecule has 0 atom stereocenters. The highest BCUT2D eigenvalue weighted by Gasteiger charge is 2.44. The molecule has 0 saturated heterocycles. The number of carbonyl (C=O) groups is 1. The van der Waals surface area contributed by atoms with Crippen molar-refractivity contribution in [2.45, 2.75) is 38.4 Å². The maximum absolute atomic E-state index is 12.4. The van der Waals surface area contributed by atoms with Crippen molar-refractivity contribution >= 4 is 16.9 Å². The summed E-state index contributed by atoms with van der Waals surface area (Å²) in [5.41, 5.74) is 0.653. The lowest BCUT2D eigenvalue weighted by Crippen LogP contribution is -2.39. The fraction of sp³-hybridized carbons (Fsp3) is 0.400. The number of carbonyl (C=O) groups excluding carboxylic acids is 1. The summed E-state index contributed by atoms with van der Waals surface area (Å²) in [4.78, 5) is 24.5. The summed E-state index contributed by atoms with van der Waals surface area (Å²) in [6, 6.07) is 9.52. The van der Waals surface area contributed by atoms with E-state index in [9.17, 15) is 9.59 Å². The first kappa shape index (κ1) is 13.4. The van der Waals surface area contributed by atoms with Gasteiger partial charge in [0.25, 0.3) is 0 Å². The van der Waals surface area contributed by atoms with Crippen molar-refractivity contribution in [2.24, 2.45) is 0 Å². The predicted molar refractivity (Wildman–Crippen MR) is 77.6 cm³/mol. The third kappa shape index (κ3) is 2.21. The number of para-hydroxylation sites is 2. The lowest BCUT2D eigenvalue weighted by atomic mass is 10.3. The topological polar surface area (TPSA) is 79.8 Å². The van der Waals surface area contributed by atoms with Crippen LogP contribution in [0.2, 0.25) is 0 Å². The van der Waals surface area contributed by atoms with Gasteiger partial charge in [-0.1, -0.05) is 12.1 Å². The Hall–Kier alpha value is -2.55. The summed E-state index contributed by atoms with van der Waals surface area (Å²) in [6.07, 6.45) is 1.36. The van der Waals surface area contributed by atoms with Gasteiger partial charge in [-0.05, 0) is 31.9 Å². The maximum Gasteiger partial charge on any atom is 0.329 e. The van der Waals surface area contributed by atoms with E-state index in [2.05, 4.69) is 11.4 Å². The van der Waals surface area contributed by atoms with Crippen molar-refractivity contribution in [3.8, 4) is 6.07 Å². The first-order valence-corrected chi connectivity index (χ1v) is 7.00. The minimum absolute atomic E-state index is 0.0597. The first-order chi connectivity index (χ1) is 10.1. The molecule has 0 bridgehead atoms. The fourth-order valence-electron chi connectivity index (χ4n) is 2.57. The average molecular weight is 284 g/mol. The molecule has 0 aliphatic heterocycles. The molecule has 6 nitrogen and oxygen atoms in total. The number of amides is 1. The van der Waals surface area contributed by atoms with Gasteiger partial charge in [0.05, 0.1) is 17.1 Å². The number of fused-ring (bicyclic) bond motifs is 1. The Morgan fingerprint density at radius 1 is 1.33 bits per heavy atom. The van der Waals surface area contributed by atoms with Gasteiger partial charge < -0.3 is 5.32 Å². The highest BCUT2D eigenvalue weighted by molar-refractivity contribution is 5.81. The Balaban J connectivity index is 1.94. The third-order valence-corrected chi connectivity index (χ3v) is 3.89. The molecular weight excluding hydrogens is 268 g/mol. The normalized spacial score (nSPS) is 15.6. The molecule has 1 saturated carbocycles. The highest BCUT2D eigenvalue weighted by Crippen LogP contribution is 2.34. The van der Waals surface area contributed by atoms with Crippen LogP contribution in [0.15, 0.2) is 29.1 Å². The van der Waals surface area contributed by atoms with Gasteiger partial charge in [-0.25, -0.2) is 4.79 Å². The molecule has 1 amide bonds. The van der Waals surface area contributed by atoms with Crippen LogP contribution in [0.4, 0.5) is 0 Å². The van der Waals surface area contributed by atoms with Gasteiger partial charge >= 0.3 is 5.69 Å².